The zero-order chi connectivity index (χ0) is 15.5. The molecule has 1 unspecified atom stereocenters. The zero-order valence-corrected chi connectivity index (χ0v) is 13.7. The van der Waals surface area contributed by atoms with Crippen LogP contribution in [0.5, 0.6) is 0 Å². The first-order valence-corrected chi connectivity index (χ1v) is 8.56. The van der Waals surface area contributed by atoms with Crippen LogP contribution in [0.4, 0.5) is 0 Å². The van der Waals surface area contributed by atoms with Gasteiger partial charge in [-0.05, 0) is 38.0 Å². The molecular formula is C17H32O4. The standard InChI is InChI=1S/C17H32O4/c1-3-15-8-10-16(11-9-15)17(19)21-13-7-5-4-6-12-20-14(2)18/h15-17,19H,3-13H2,1-2H3. The van der Waals surface area contributed by atoms with E-state index in [9.17, 15) is 9.90 Å². The molecule has 1 aliphatic carbocycles. The van der Waals surface area contributed by atoms with Gasteiger partial charge >= 0.3 is 5.97 Å². The van der Waals surface area contributed by atoms with Gasteiger partial charge in [0.2, 0.25) is 0 Å². The number of aliphatic hydroxyl groups is 1. The molecule has 0 amide bonds. The fourth-order valence-corrected chi connectivity index (χ4v) is 3.00. The predicted octanol–water partition coefficient (Wildman–Crippen LogP) is 3.66. The summed E-state index contributed by atoms with van der Waals surface area (Å²) in [6.45, 7) is 4.82. The molecule has 1 atom stereocenters. The molecule has 1 saturated carbocycles. The van der Waals surface area contributed by atoms with Crippen LogP contribution < -0.4 is 0 Å². The van der Waals surface area contributed by atoms with Crippen molar-refractivity contribution in [1.82, 2.24) is 0 Å². The van der Waals surface area contributed by atoms with Gasteiger partial charge in [0.15, 0.2) is 6.29 Å². The van der Waals surface area contributed by atoms with Crippen molar-refractivity contribution in [2.24, 2.45) is 11.8 Å². The second-order valence-corrected chi connectivity index (χ2v) is 6.20. The Bertz CT molecular complexity index is 272. The average molecular weight is 300 g/mol. The summed E-state index contributed by atoms with van der Waals surface area (Å²) in [7, 11) is 0. The van der Waals surface area contributed by atoms with Crippen molar-refractivity contribution < 1.29 is 19.4 Å². The van der Waals surface area contributed by atoms with Gasteiger partial charge in [0, 0.05) is 19.4 Å². The zero-order valence-electron chi connectivity index (χ0n) is 13.7. The van der Waals surface area contributed by atoms with E-state index in [0.29, 0.717) is 19.1 Å². The van der Waals surface area contributed by atoms with Crippen LogP contribution in [-0.4, -0.2) is 30.6 Å². The SMILES string of the molecule is CCC1CCC(C(O)OCCCCCCOC(C)=O)CC1. The van der Waals surface area contributed by atoms with E-state index < -0.39 is 6.29 Å². The van der Waals surface area contributed by atoms with E-state index in [1.54, 1.807) is 0 Å². The van der Waals surface area contributed by atoms with Crippen molar-refractivity contribution in [1.29, 1.82) is 0 Å². The van der Waals surface area contributed by atoms with Crippen LogP contribution >= 0.6 is 0 Å². The number of unbranched alkanes of at least 4 members (excludes halogenated alkanes) is 3. The topological polar surface area (TPSA) is 55.8 Å². The minimum absolute atomic E-state index is 0.209. The van der Waals surface area contributed by atoms with Crippen LogP contribution in [0.2, 0.25) is 0 Å². The Hall–Kier alpha value is -0.610. The Morgan fingerprint density at radius 2 is 1.71 bits per heavy atom. The second kappa shape index (κ2) is 11.0. The van der Waals surface area contributed by atoms with Gasteiger partial charge in [-0.15, -0.1) is 0 Å². The highest BCUT2D eigenvalue weighted by Gasteiger charge is 2.25. The van der Waals surface area contributed by atoms with E-state index in [-0.39, 0.29) is 5.97 Å². The fraction of sp³-hybridized carbons (Fsp3) is 0.941. The van der Waals surface area contributed by atoms with Gasteiger partial charge in [-0.1, -0.05) is 32.6 Å². The van der Waals surface area contributed by atoms with E-state index >= 15 is 0 Å². The molecule has 1 rings (SSSR count). The third kappa shape index (κ3) is 8.42. The summed E-state index contributed by atoms with van der Waals surface area (Å²) in [5.41, 5.74) is 0. The van der Waals surface area contributed by atoms with Gasteiger partial charge in [0.05, 0.1) is 6.61 Å². The highest BCUT2D eigenvalue weighted by atomic mass is 16.6. The van der Waals surface area contributed by atoms with Crippen molar-refractivity contribution in [2.75, 3.05) is 13.2 Å². The molecule has 0 heterocycles. The molecular weight excluding hydrogens is 268 g/mol. The number of ether oxygens (including phenoxy) is 2. The van der Waals surface area contributed by atoms with Crippen molar-refractivity contribution in [3.8, 4) is 0 Å². The number of esters is 1. The maximum Gasteiger partial charge on any atom is 0.302 e. The lowest BCUT2D eigenvalue weighted by Gasteiger charge is -2.30. The maximum absolute atomic E-state index is 10.6. The highest BCUT2D eigenvalue weighted by Crippen LogP contribution is 2.32. The van der Waals surface area contributed by atoms with Crippen LogP contribution in [0.3, 0.4) is 0 Å². The van der Waals surface area contributed by atoms with E-state index in [1.807, 2.05) is 0 Å². The summed E-state index contributed by atoms with van der Waals surface area (Å²) in [5, 5.41) is 10.1. The molecule has 1 N–H and O–H groups in total. The average Bonchev–Trinajstić information content (AvgIpc) is 2.49. The molecule has 0 radical (unpaired) electrons. The van der Waals surface area contributed by atoms with Crippen molar-refractivity contribution in [2.45, 2.75) is 77.9 Å². The fourth-order valence-electron chi connectivity index (χ4n) is 3.00. The monoisotopic (exact) mass is 300 g/mol. The van der Waals surface area contributed by atoms with E-state index in [2.05, 4.69) is 6.92 Å². The molecule has 0 spiro atoms. The number of hydrogen-bond donors (Lipinski definition) is 1. The van der Waals surface area contributed by atoms with Crippen LogP contribution in [0, 0.1) is 11.8 Å². The summed E-state index contributed by atoms with van der Waals surface area (Å²) >= 11 is 0. The summed E-state index contributed by atoms with van der Waals surface area (Å²) in [6, 6.07) is 0. The first-order valence-electron chi connectivity index (χ1n) is 8.56. The van der Waals surface area contributed by atoms with Gasteiger partial charge < -0.3 is 14.6 Å². The summed E-state index contributed by atoms with van der Waals surface area (Å²) in [4.78, 5) is 10.6. The lowest BCUT2D eigenvalue weighted by Crippen LogP contribution is -2.28. The normalized spacial score (nSPS) is 23.8. The minimum atomic E-state index is -0.580. The molecule has 124 valence electrons. The molecule has 0 aromatic heterocycles. The van der Waals surface area contributed by atoms with Crippen molar-refractivity contribution >= 4 is 5.97 Å². The van der Waals surface area contributed by atoms with Crippen LogP contribution in [0.25, 0.3) is 0 Å². The van der Waals surface area contributed by atoms with Crippen molar-refractivity contribution in [3.63, 3.8) is 0 Å². The molecule has 0 aromatic carbocycles. The first-order chi connectivity index (χ1) is 10.1. The molecule has 1 fully saturated rings. The quantitative estimate of drug-likeness (QED) is 0.380. The molecule has 21 heavy (non-hydrogen) atoms. The van der Waals surface area contributed by atoms with Gasteiger partial charge in [-0.25, -0.2) is 0 Å². The molecule has 1 aliphatic rings. The van der Waals surface area contributed by atoms with Crippen LogP contribution in [-0.2, 0) is 14.3 Å². The Morgan fingerprint density at radius 3 is 2.29 bits per heavy atom. The summed E-state index contributed by atoms with van der Waals surface area (Å²) in [5.74, 6) is 0.974. The molecule has 0 bridgehead atoms. The van der Waals surface area contributed by atoms with Gasteiger partial charge in [0.25, 0.3) is 0 Å². The lowest BCUT2D eigenvalue weighted by molar-refractivity contribution is -0.144. The Kier molecular flexibility index (Phi) is 9.68. The van der Waals surface area contributed by atoms with Gasteiger partial charge in [-0.3, -0.25) is 4.79 Å². The van der Waals surface area contributed by atoms with Crippen molar-refractivity contribution in [3.05, 3.63) is 0 Å². The number of hydrogen-bond acceptors (Lipinski definition) is 4. The Morgan fingerprint density at radius 1 is 1.10 bits per heavy atom. The molecule has 0 aromatic rings. The third-order valence-corrected chi connectivity index (χ3v) is 4.50. The van der Waals surface area contributed by atoms with E-state index in [0.717, 1.165) is 44.4 Å². The minimum Gasteiger partial charge on any atom is -0.466 e. The van der Waals surface area contributed by atoms with Crippen LogP contribution in [0.15, 0.2) is 0 Å². The molecule has 0 aliphatic heterocycles. The smallest absolute Gasteiger partial charge is 0.302 e. The van der Waals surface area contributed by atoms with E-state index in [4.69, 9.17) is 9.47 Å². The third-order valence-electron chi connectivity index (χ3n) is 4.50. The highest BCUT2D eigenvalue weighted by molar-refractivity contribution is 5.65. The number of carbonyl (C=O) groups is 1. The summed E-state index contributed by atoms with van der Waals surface area (Å²) in [6.07, 6.45) is 9.30. The largest absolute Gasteiger partial charge is 0.466 e. The predicted molar refractivity (Wildman–Crippen MR) is 82.8 cm³/mol. The molecule has 4 nitrogen and oxygen atoms in total. The van der Waals surface area contributed by atoms with E-state index in [1.165, 1.54) is 26.2 Å². The van der Waals surface area contributed by atoms with Crippen LogP contribution in [0.1, 0.15) is 71.6 Å². The van der Waals surface area contributed by atoms with Gasteiger partial charge in [-0.2, -0.15) is 0 Å². The maximum atomic E-state index is 10.6. The Balaban J connectivity index is 1.94. The molecule has 4 heteroatoms. The second-order valence-electron chi connectivity index (χ2n) is 6.20. The first kappa shape index (κ1) is 18.4. The molecule has 0 saturated heterocycles. The summed E-state index contributed by atoms with van der Waals surface area (Å²) < 4.78 is 10.4. The van der Waals surface area contributed by atoms with Gasteiger partial charge in [0.1, 0.15) is 0 Å². The number of rotatable bonds is 10. The number of carbonyl (C=O) groups excluding carboxylic acids is 1. The lowest BCUT2D eigenvalue weighted by atomic mass is 9.80. The number of aliphatic hydroxyl groups excluding tert-OH is 1. The Labute approximate surface area is 129 Å².